The first kappa shape index (κ1) is 16.5. The number of piperazine rings is 1. The van der Waals surface area contributed by atoms with Crippen LogP contribution in [0.4, 0.5) is 0 Å². The number of rotatable bonds is 3. The van der Waals surface area contributed by atoms with Crippen LogP contribution in [0.1, 0.15) is 16.7 Å². The van der Waals surface area contributed by atoms with Crippen molar-refractivity contribution in [1.82, 2.24) is 9.80 Å². The summed E-state index contributed by atoms with van der Waals surface area (Å²) in [4.78, 5) is 28.6. The molecule has 1 unspecified atom stereocenters. The lowest BCUT2D eigenvalue weighted by Crippen LogP contribution is -2.56. The van der Waals surface area contributed by atoms with Crippen molar-refractivity contribution in [3.8, 4) is 0 Å². The van der Waals surface area contributed by atoms with Crippen LogP contribution in [0.25, 0.3) is 6.08 Å². The van der Waals surface area contributed by atoms with Crippen molar-refractivity contribution >= 4 is 29.2 Å². The summed E-state index contributed by atoms with van der Waals surface area (Å²) in [6.07, 6.45) is 2.33. The van der Waals surface area contributed by atoms with E-state index in [1.54, 1.807) is 36.4 Å². The van der Waals surface area contributed by atoms with Crippen LogP contribution in [0.5, 0.6) is 0 Å². The van der Waals surface area contributed by atoms with Gasteiger partial charge in [-0.15, -0.1) is 0 Å². The van der Waals surface area contributed by atoms with Crippen molar-refractivity contribution in [2.75, 3.05) is 14.1 Å². The average molecular weight is 340 g/mol. The zero-order chi connectivity index (χ0) is 17.3. The quantitative estimate of drug-likeness (QED) is 0.806. The first-order chi connectivity index (χ1) is 11.5. The lowest BCUT2D eigenvalue weighted by Gasteiger charge is -2.38. The van der Waals surface area contributed by atoms with Gasteiger partial charge in [0.05, 0.1) is 0 Å². The highest BCUT2D eigenvalue weighted by molar-refractivity contribution is 7.08. The maximum Gasteiger partial charge on any atom is 0.271 e. The molecule has 1 saturated heterocycles. The Morgan fingerprint density at radius 3 is 2.46 bits per heavy atom. The molecule has 1 atom stereocenters. The third-order valence-electron chi connectivity index (χ3n) is 4.44. The fourth-order valence-electron chi connectivity index (χ4n) is 2.86. The molecule has 1 fully saturated rings. The number of nitrogens with zero attached hydrogens (tertiary/aromatic N) is 2. The molecular weight excluding hydrogens is 320 g/mol. The molecule has 0 radical (unpaired) electrons. The minimum atomic E-state index is -0.467. The number of carbonyl (C=O) groups is 2. The van der Waals surface area contributed by atoms with E-state index < -0.39 is 6.04 Å². The predicted molar refractivity (Wildman–Crippen MR) is 96.5 cm³/mol. The Hall–Kier alpha value is -2.40. The van der Waals surface area contributed by atoms with Gasteiger partial charge in [-0.05, 0) is 40.5 Å². The van der Waals surface area contributed by atoms with Gasteiger partial charge in [0, 0.05) is 20.5 Å². The number of carbonyl (C=O) groups excluding carboxylic acids is 2. The first-order valence-electron chi connectivity index (χ1n) is 7.82. The van der Waals surface area contributed by atoms with E-state index in [0.29, 0.717) is 12.1 Å². The van der Waals surface area contributed by atoms with Gasteiger partial charge in [0.15, 0.2) is 0 Å². The Balaban J connectivity index is 1.89. The SMILES string of the molecule is Cc1cscc1/C=C1/C(=O)N(C)C(Cc2ccccc2)C(=O)N1C. The molecule has 124 valence electrons. The van der Waals surface area contributed by atoms with Gasteiger partial charge in [-0.3, -0.25) is 9.59 Å². The van der Waals surface area contributed by atoms with Crippen LogP contribution >= 0.6 is 11.3 Å². The number of likely N-dealkylation sites (N-methyl/N-ethyl adjacent to an activating group) is 2. The fourth-order valence-corrected chi connectivity index (χ4v) is 3.67. The van der Waals surface area contributed by atoms with Gasteiger partial charge < -0.3 is 9.80 Å². The Labute approximate surface area is 146 Å². The number of amides is 2. The smallest absolute Gasteiger partial charge is 0.271 e. The summed E-state index contributed by atoms with van der Waals surface area (Å²) < 4.78 is 0. The standard InChI is InChI=1S/C19H20N2O2S/c1-13-11-24-12-15(13)10-17-19(23)20(2)16(18(22)21(17)3)9-14-7-5-4-6-8-14/h4-8,10-12,16H,9H2,1-3H3/b17-10-. The first-order valence-corrected chi connectivity index (χ1v) is 8.76. The molecule has 5 heteroatoms. The van der Waals surface area contributed by atoms with Gasteiger partial charge in [-0.2, -0.15) is 11.3 Å². The number of hydrogen-bond acceptors (Lipinski definition) is 3. The molecule has 24 heavy (non-hydrogen) atoms. The van der Waals surface area contributed by atoms with Gasteiger partial charge in [0.1, 0.15) is 11.7 Å². The van der Waals surface area contributed by atoms with Crippen LogP contribution in [0, 0.1) is 6.92 Å². The van der Waals surface area contributed by atoms with E-state index in [4.69, 9.17) is 0 Å². The molecule has 2 amide bonds. The summed E-state index contributed by atoms with van der Waals surface area (Å²) in [6.45, 7) is 2.00. The summed E-state index contributed by atoms with van der Waals surface area (Å²) in [7, 11) is 3.38. The van der Waals surface area contributed by atoms with E-state index >= 15 is 0 Å². The highest BCUT2D eigenvalue weighted by atomic mass is 32.1. The minimum absolute atomic E-state index is 0.0555. The zero-order valence-electron chi connectivity index (χ0n) is 14.0. The molecule has 1 aromatic heterocycles. The van der Waals surface area contributed by atoms with Crippen molar-refractivity contribution in [3.63, 3.8) is 0 Å². The van der Waals surface area contributed by atoms with Gasteiger partial charge >= 0.3 is 0 Å². The van der Waals surface area contributed by atoms with Crippen molar-refractivity contribution in [3.05, 3.63) is 63.5 Å². The summed E-state index contributed by atoms with van der Waals surface area (Å²) in [5.74, 6) is -0.177. The molecule has 1 aromatic carbocycles. The van der Waals surface area contributed by atoms with Crippen molar-refractivity contribution in [2.24, 2.45) is 0 Å². The van der Waals surface area contributed by atoms with Gasteiger partial charge in [-0.1, -0.05) is 30.3 Å². The summed E-state index contributed by atoms with van der Waals surface area (Å²) >= 11 is 1.59. The monoisotopic (exact) mass is 340 g/mol. The summed E-state index contributed by atoms with van der Waals surface area (Å²) in [5.41, 5.74) is 3.56. The van der Waals surface area contributed by atoms with E-state index in [0.717, 1.165) is 16.7 Å². The number of benzene rings is 1. The van der Waals surface area contributed by atoms with Gasteiger partial charge in [0.25, 0.3) is 5.91 Å². The number of thiophene rings is 1. The lowest BCUT2D eigenvalue weighted by atomic mass is 10.00. The normalized spacial score (nSPS) is 20.1. The molecular formula is C19H20N2O2S. The van der Waals surface area contributed by atoms with Gasteiger partial charge in [-0.25, -0.2) is 0 Å². The van der Waals surface area contributed by atoms with E-state index in [1.807, 2.05) is 48.0 Å². The topological polar surface area (TPSA) is 40.6 Å². The molecule has 0 bridgehead atoms. The third kappa shape index (κ3) is 2.99. The van der Waals surface area contributed by atoms with Crippen molar-refractivity contribution in [1.29, 1.82) is 0 Å². The molecule has 2 heterocycles. The van der Waals surface area contributed by atoms with Crippen LogP contribution in [0.15, 0.2) is 46.8 Å². The van der Waals surface area contributed by atoms with Crippen LogP contribution in [0.2, 0.25) is 0 Å². The van der Waals surface area contributed by atoms with E-state index in [9.17, 15) is 9.59 Å². The molecule has 0 saturated carbocycles. The highest BCUT2D eigenvalue weighted by Gasteiger charge is 2.39. The second-order valence-electron chi connectivity index (χ2n) is 6.06. The average Bonchev–Trinajstić information content (AvgIpc) is 2.99. The molecule has 2 aromatic rings. The van der Waals surface area contributed by atoms with E-state index in [1.165, 1.54) is 4.90 Å². The maximum atomic E-state index is 12.8. The lowest BCUT2D eigenvalue weighted by molar-refractivity contribution is -0.148. The Morgan fingerprint density at radius 2 is 1.83 bits per heavy atom. The van der Waals surface area contributed by atoms with Crippen LogP contribution < -0.4 is 0 Å². The highest BCUT2D eigenvalue weighted by Crippen LogP contribution is 2.25. The molecule has 0 aliphatic carbocycles. The van der Waals surface area contributed by atoms with Crippen LogP contribution in [-0.2, 0) is 16.0 Å². The number of hydrogen-bond donors (Lipinski definition) is 0. The molecule has 3 rings (SSSR count). The zero-order valence-corrected chi connectivity index (χ0v) is 14.8. The molecule has 1 aliphatic heterocycles. The second kappa shape index (κ2) is 6.61. The number of aryl methyl sites for hydroxylation is 1. The Morgan fingerprint density at radius 1 is 1.12 bits per heavy atom. The molecule has 1 aliphatic rings. The Kier molecular flexibility index (Phi) is 4.53. The maximum absolute atomic E-state index is 12.8. The minimum Gasteiger partial charge on any atom is -0.328 e. The summed E-state index contributed by atoms with van der Waals surface area (Å²) in [5, 5.41) is 4.02. The molecule has 4 nitrogen and oxygen atoms in total. The fraction of sp³-hybridized carbons (Fsp3) is 0.263. The van der Waals surface area contributed by atoms with E-state index in [-0.39, 0.29) is 11.8 Å². The third-order valence-corrected chi connectivity index (χ3v) is 5.32. The van der Waals surface area contributed by atoms with Crippen molar-refractivity contribution < 1.29 is 9.59 Å². The largest absolute Gasteiger partial charge is 0.328 e. The van der Waals surface area contributed by atoms with E-state index in [2.05, 4.69) is 0 Å². The van der Waals surface area contributed by atoms with Crippen LogP contribution in [-0.4, -0.2) is 41.8 Å². The molecule has 0 spiro atoms. The molecule has 0 N–H and O–H groups in total. The van der Waals surface area contributed by atoms with Crippen molar-refractivity contribution in [2.45, 2.75) is 19.4 Å². The summed E-state index contributed by atoms with van der Waals surface area (Å²) in [6, 6.07) is 9.32. The van der Waals surface area contributed by atoms with Gasteiger partial charge in [0.2, 0.25) is 5.91 Å². The second-order valence-corrected chi connectivity index (χ2v) is 6.80. The van der Waals surface area contributed by atoms with Crippen LogP contribution in [0.3, 0.4) is 0 Å². The predicted octanol–water partition coefficient (Wildman–Crippen LogP) is 2.94. The Bertz CT molecular complexity index is 795.